The van der Waals surface area contributed by atoms with Crippen molar-refractivity contribution < 1.29 is 4.79 Å². The molecule has 0 aliphatic carbocycles. The van der Waals surface area contributed by atoms with Crippen molar-refractivity contribution in [3.05, 3.63) is 34.3 Å². The highest BCUT2D eigenvalue weighted by atomic mass is 79.9. The fraction of sp³-hybridized carbons (Fsp3) is 0.333. The minimum atomic E-state index is -0.0866. The van der Waals surface area contributed by atoms with Gasteiger partial charge >= 0.3 is 0 Å². The molecule has 1 saturated heterocycles. The molecule has 0 spiro atoms. The second-order valence-electron chi connectivity index (χ2n) is 4.07. The molecule has 1 aromatic rings. The van der Waals surface area contributed by atoms with Crippen molar-refractivity contribution in [2.75, 3.05) is 6.54 Å². The number of carbonyl (C=O) groups excluding carboxylic acids is 1. The van der Waals surface area contributed by atoms with Crippen LogP contribution < -0.4 is 5.73 Å². The van der Waals surface area contributed by atoms with Crippen molar-refractivity contribution in [1.82, 2.24) is 4.90 Å². The first-order valence-electron chi connectivity index (χ1n) is 5.45. The molecular weight excluding hydrogens is 300 g/mol. The number of rotatable bonds is 2. The molecule has 1 aliphatic heterocycles. The van der Waals surface area contributed by atoms with E-state index < -0.39 is 0 Å². The third kappa shape index (κ3) is 2.66. The summed E-state index contributed by atoms with van der Waals surface area (Å²) >= 11 is 8.36. The SMILES string of the molecule is NC(=S)C1CCCN1C(=O)c1cccc(Br)c1. The van der Waals surface area contributed by atoms with Crippen LogP contribution in [-0.2, 0) is 0 Å². The van der Waals surface area contributed by atoms with Crippen LogP contribution in [-0.4, -0.2) is 28.4 Å². The lowest BCUT2D eigenvalue weighted by Gasteiger charge is -2.23. The maximum Gasteiger partial charge on any atom is 0.254 e. The predicted octanol–water partition coefficient (Wildman–Crippen LogP) is 2.34. The first kappa shape index (κ1) is 12.5. The van der Waals surface area contributed by atoms with Crippen LogP contribution in [0.15, 0.2) is 28.7 Å². The maximum atomic E-state index is 12.3. The molecule has 1 atom stereocenters. The molecule has 1 aliphatic rings. The Kier molecular flexibility index (Phi) is 3.79. The third-order valence-corrected chi connectivity index (χ3v) is 3.68. The molecule has 5 heteroatoms. The van der Waals surface area contributed by atoms with Gasteiger partial charge in [0.15, 0.2) is 0 Å². The number of nitrogens with two attached hydrogens (primary N) is 1. The van der Waals surface area contributed by atoms with Gasteiger partial charge in [0.1, 0.15) is 0 Å². The first-order valence-corrected chi connectivity index (χ1v) is 6.65. The Hall–Kier alpha value is -0.940. The largest absolute Gasteiger partial charge is 0.392 e. The van der Waals surface area contributed by atoms with E-state index in [2.05, 4.69) is 15.9 Å². The van der Waals surface area contributed by atoms with Crippen LogP contribution in [0.3, 0.4) is 0 Å². The molecular formula is C12H13BrN2OS. The normalized spacial score (nSPS) is 19.4. The van der Waals surface area contributed by atoms with E-state index in [0.29, 0.717) is 10.6 Å². The zero-order chi connectivity index (χ0) is 12.4. The summed E-state index contributed by atoms with van der Waals surface area (Å²) in [4.78, 5) is 14.5. The predicted molar refractivity (Wildman–Crippen MR) is 75.0 cm³/mol. The summed E-state index contributed by atoms with van der Waals surface area (Å²) in [6, 6.07) is 7.28. The van der Waals surface area contributed by atoms with Gasteiger partial charge in [0, 0.05) is 16.6 Å². The van der Waals surface area contributed by atoms with E-state index in [-0.39, 0.29) is 11.9 Å². The van der Waals surface area contributed by atoms with Crippen molar-refractivity contribution in [1.29, 1.82) is 0 Å². The second kappa shape index (κ2) is 5.14. The highest BCUT2D eigenvalue weighted by Crippen LogP contribution is 2.21. The highest BCUT2D eigenvalue weighted by Gasteiger charge is 2.31. The zero-order valence-electron chi connectivity index (χ0n) is 9.23. The molecule has 1 heterocycles. The van der Waals surface area contributed by atoms with Crippen LogP contribution in [0.5, 0.6) is 0 Å². The molecule has 1 fully saturated rings. The summed E-state index contributed by atoms with van der Waals surface area (Å²) in [6.45, 7) is 0.730. The Morgan fingerprint density at radius 1 is 1.53 bits per heavy atom. The summed E-state index contributed by atoms with van der Waals surface area (Å²) < 4.78 is 0.898. The number of likely N-dealkylation sites (tertiary alicyclic amines) is 1. The molecule has 2 rings (SSSR count). The summed E-state index contributed by atoms with van der Waals surface area (Å²) in [7, 11) is 0. The minimum absolute atomic E-state index is 0.00148. The van der Waals surface area contributed by atoms with E-state index in [4.69, 9.17) is 18.0 Å². The van der Waals surface area contributed by atoms with E-state index in [1.807, 2.05) is 24.3 Å². The van der Waals surface area contributed by atoms with Gasteiger partial charge < -0.3 is 10.6 Å². The Morgan fingerprint density at radius 2 is 2.29 bits per heavy atom. The lowest BCUT2D eigenvalue weighted by atomic mass is 10.1. The monoisotopic (exact) mass is 312 g/mol. The van der Waals surface area contributed by atoms with Gasteiger partial charge in [0.05, 0.1) is 11.0 Å². The van der Waals surface area contributed by atoms with Crippen LogP contribution in [0.25, 0.3) is 0 Å². The van der Waals surface area contributed by atoms with Gasteiger partial charge in [-0.25, -0.2) is 0 Å². The average molecular weight is 313 g/mol. The van der Waals surface area contributed by atoms with Crippen LogP contribution in [0.2, 0.25) is 0 Å². The molecule has 0 bridgehead atoms. The van der Waals surface area contributed by atoms with Gasteiger partial charge in [0.2, 0.25) is 0 Å². The number of hydrogen-bond acceptors (Lipinski definition) is 2. The first-order chi connectivity index (χ1) is 8.09. The van der Waals surface area contributed by atoms with E-state index in [1.165, 1.54) is 0 Å². The Labute approximate surface area is 114 Å². The van der Waals surface area contributed by atoms with Gasteiger partial charge in [0.25, 0.3) is 5.91 Å². The second-order valence-corrected chi connectivity index (χ2v) is 5.46. The number of halogens is 1. The van der Waals surface area contributed by atoms with Crippen molar-refractivity contribution in [2.24, 2.45) is 5.73 Å². The number of thiocarbonyl (C=S) groups is 1. The fourth-order valence-corrected chi connectivity index (χ4v) is 2.74. The van der Waals surface area contributed by atoms with Gasteiger partial charge in [-0.3, -0.25) is 4.79 Å². The van der Waals surface area contributed by atoms with Crippen molar-refractivity contribution in [2.45, 2.75) is 18.9 Å². The smallest absolute Gasteiger partial charge is 0.254 e. The molecule has 1 aromatic carbocycles. The standard InChI is InChI=1S/C12H13BrN2OS/c13-9-4-1-3-8(7-9)12(16)15-6-2-5-10(15)11(14)17/h1,3-4,7,10H,2,5-6H2,(H2,14,17). The Morgan fingerprint density at radius 3 is 2.94 bits per heavy atom. The summed E-state index contributed by atoms with van der Waals surface area (Å²) in [5.74, 6) is 0.00148. The van der Waals surface area contributed by atoms with E-state index in [1.54, 1.807) is 4.90 Å². The number of benzene rings is 1. The summed E-state index contributed by atoms with van der Waals surface area (Å²) in [5.41, 5.74) is 6.33. The quantitative estimate of drug-likeness (QED) is 0.853. The number of nitrogens with zero attached hydrogens (tertiary/aromatic N) is 1. The van der Waals surface area contributed by atoms with E-state index >= 15 is 0 Å². The molecule has 1 amide bonds. The van der Waals surface area contributed by atoms with Crippen LogP contribution in [0.1, 0.15) is 23.2 Å². The van der Waals surface area contributed by atoms with Gasteiger partial charge in [-0.2, -0.15) is 0 Å². The minimum Gasteiger partial charge on any atom is -0.392 e. The Balaban J connectivity index is 2.23. The number of hydrogen-bond donors (Lipinski definition) is 1. The van der Waals surface area contributed by atoms with Crippen molar-refractivity contribution in [3.63, 3.8) is 0 Å². The van der Waals surface area contributed by atoms with Crippen molar-refractivity contribution >= 4 is 39.0 Å². The van der Waals surface area contributed by atoms with Crippen LogP contribution >= 0.6 is 28.1 Å². The molecule has 0 radical (unpaired) electrons. The lowest BCUT2D eigenvalue weighted by Crippen LogP contribution is -2.42. The average Bonchev–Trinajstić information content (AvgIpc) is 2.77. The third-order valence-electron chi connectivity index (χ3n) is 2.91. The molecule has 2 N–H and O–H groups in total. The topological polar surface area (TPSA) is 46.3 Å². The maximum absolute atomic E-state index is 12.3. The Bertz CT molecular complexity index is 464. The van der Waals surface area contributed by atoms with Crippen molar-refractivity contribution in [3.8, 4) is 0 Å². The molecule has 0 saturated carbocycles. The van der Waals surface area contributed by atoms with E-state index in [9.17, 15) is 4.79 Å². The number of carbonyl (C=O) groups is 1. The van der Waals surface area contributed by atoms with E-state index in [0.717, 1.165) is 23.9 Å². The van der Waals surface area contributed by atoms with Gasteiger partial charge in [-0.05, 0) is 31.0 Å². The molecule has 17 heavy (non-hydrogen) atoms. The molecule has 0 aromatic heterocycles. The fourth-order valence-electron chi connectivity index (χ4n) is 2.09. The highest BCUT2D eigenvalue weighted by molar-refractivity contribution is 9.10. The van der Waals surface area contributed by atoms with Gasteiger partial charge in [-0.15, -0.1) is 0 Å². The summed E-state index contributed by atoms with van der Waals surface area (Å²) in [5, 5.41) is 0. The number of amides is 1. The lowest BCUT2D eigenvalue weighted by molar-refractivity contribution is 0.0770. The molecule has 3 nitrogen and oxygen atoms in total. The van der Waals surface area contributed by atoms with Crippen LogP contribution in [0.4, 0.5) is 0 Å². The molecule has 1 unspecified atom stereocenters. The van der Waals surface area contributed by atoms with Crippen LogP contribution in [0, 0.1) is 0 Å². The zero-order valence-corrected chi connectivity index (χ0v) is 11.6. The molecule has 90 valence electrons. The summed E-state index contributed by atoms with van der Waals surface area (Å²) in [6.07, 6.45) is 1.83. The van der Waals surface area contributed by atoms with Gasteiger partial charge in [-0.1, -0.05) is 34.2 Å².